The molecule has 2 rings (SSSR count). The van der Waals surface area contributed by atoms with Gasteiger partial charge < -0.3 is 15.7 Å². The Labute approximate surface area is 75.5 Å². The topological polar surface area (TPSA) is 78.4 Å². The Morgan fingerprint density at radius 1 is 1.46 bits per heavy atom. The third-order valence-electron chi connectivity index (χ3n) is 2.81. The molecule has 0 aliphatic carbocycles. The van der Waals surface area contributed by atoms with Gasteiger partial charge >= 0.3 is 5.97 Å². The second-order valence-corrected chi connectivity index (χ2v) is 3.66. The first-order valence-corrected chi connectivity index (χ1v) is 4.42. The first kappa shape index (κ1) is 8.50. The maximum absolute atomic E-state index is 11.2. The lowest BCUT2D eigenvalue weighted by Gasteiger charge is -2.28. The molecule has 0 aromatic rings. The van der Waals surface area contributed by atoms with Gasteiger partial charge in [-0.15, -0.1) is 0 Å². The van der Waals surface area contributed by atoms with Gasteiger partial charge in [-0.25, -0.2) is 0 Å². The van der Waals surface area contributed by atoms with Crippen LogP contribution in [0.15, 0.2) is 0 Å². The van der Waals surface area contributed by atoms with Crippen molar-refractivity contribution in [3.8, 4) is 0 Å². The van der Waals surface area contributed by atoms with Gasteiger partial charge in [0.05, 0.1) is 12.0 Å². The summed E-state index contributed by atoms with van der Waals surface area (Å²) in [7, 11) is 0. The molecule has 0 aromatic heterocycles. The van der Waals surface area contributed by atoms with Crippen LogP contribution >= 0.6 is 0 Å². The predicted octanol–water partition coefficient (Wildman–Crippen LogP) is -1.20. The summed E-state index contributed by atoms with van der Waals surface area (Å²) < 4.78 is 0. The van der Waals surface area contributed by atoms with Crippen LogP contribution < -0.4 is 10.6 Å². The van der Waals surface area contributed by atoms with Crippen LogP contribution in [-0.2, 0) is 9.59 Å². The fourth-order valence-electron chi connectivity index (χ4n) is 2.06. The second-order valence-electron chi connectivity index (χ2n) is 3.66. The molecular formula is C8H12N2O3. The molecule has 0 bridgehead atoms. The number of piperidine rings is 1. The van der Waals surface area contributed by atoms with Crippen LogP contribution in [0.1, 0.15) is 6.42 Å². The molecule has 2 fully saturated rings. The van der Waals surface area contributed by atoms with Gasteiger partial charge in [0.25, 0.3) is 0 Å². The van der Waals surface area contributed by atoms with Crippen LogP contribution in [0.25, 0.3) is 0 Å². The fourth-order valence-corrected chi connectivity index (χ4v) is 2.06. The average molecular weight is 184 g/mol. The molecule has 1 amide bonds. The zero-order valence-electron chi connectivity index (χ0n) is 7.12. The number of carbonyl (C=O) groups excluding carboxylic acids is 1. The quantitative estimate of drug-likeness (QED) is 0.478. The van der Waals surface area contributed by atoms with Gasteiger partial charge in [0.1, 0.15) is 0 Å². The van der Waals surface area contributed by atoms with E-state index in [1.54, 1.807) is 0 Å². The highest BCUT2D eigenvalue weighted by Gasteiger charge is 2.41. The summed E-state index contributed by atoms with van der Waals surface area (Å²) in [5, 5.41) is 14.5. The number of rotatable bonds is 1. The van der Waals surface area contributed by atoms with E-state index in [0.717, 1.165) is 0 Å². The highest BCUT2D eigenvalue weighted by Crippen LogP contribution is 2.24. The molecule has 0 saturated carbocycles. The Kier molecular flexibility index (Phi) is 1.95. The first-order valence-electron chi connectivity index (χ1n) is 4.42. The Morgan fingerprint density at radius 2 is 2.23 bits per heavy atom. The van der Waals surface area contributed by atoms with E-state index in [1.807, 2.05) is 0 Å². The number of carbonyl (C=O) groups is 2. The van der Waals surface area contributed by atoms with E-state index in [9.17, 15) is 9.59 Å². The van der Waals surface area contributed by atoms with Gasteiger partial charge in [-0.1, -0.05) is 0 Å². The largest absolute Gasteiger partial charge is 0.481 e. The highest BCUT2D eigenvalue weighted by atomic mass is 16.4. The van der Waals surface area contributed by atoms with Crippen molar-refractivity contribution in [3.63, 3.8) is 0 Å². The van der Waals surface area contributed by atoms with Crippen LogP contribution in [-0.4, -0.2) is 36.1 Å². The summed E-state index contributed by atoms with van der Waals surface area (Å²) in [5.74, 6) is -0.949. The van der Waals surface area contributed by atoms with E-state index in [1.165, 1.54) is 0 Å². The normalized spacial score (nSPS) is 38.2. The van der Waals surface area contributed by atoms with Crippen molar-refractivity contribution in [3.05, 3.63) is 0 Å². The van der Waals surface area contributed by atoms with Crippen LogP contribution in [0.5, 0.6) is 0 Å². The van der Waals surface area contributed by atoms with Gasteiger partial charge in [0.15, 0.2) is 0 Å². The molecule has 72 valence electrons. The van der Waals surface area contributed by atoms with E-state index < -0.39 is 5.97 Å². The molecule has 0 aromatic carbocycles. The van der Waals surface area contributed by atoms with Crippen molar-refractivity contribution >= 4 is 11.9 Å². The van der Waals surface area contributed by atoms with E-state index in [-0.39, 0.29) is 23.8 Å². The third kappa shape index (κ3) is 1.39. The number of hydrogen-bond donors (Lipinski definition) is 3. The van der Waals surface area contributed by atoms with Gasteiger partial charge in [-0.2, -0.15) is 0 Å². The van der Waals surface area contributed by atoms with Crippen molar-refractivity contribution in [2.24, 2.45) is 11.8 Å². The molecule has 2 aliphatic rings. The molecule has 5 heteroatoms. The lowest BCUT2D eigenvalue weighted by atomic mass is 9.86. The zero-order chi connectivity index (χ0) is 9.42. The minimum atomic E-state index is -0.773. The number of carboxylic acid groups (broad SMARTS) is 1. The summed E-state index contributed by atoms with van der Waals surface area (Å²) in [6, 6.07) is -0.157. The Bertz CT molecular complexity index is 254. The van der Waals surface area contributed by atoms with Gasteiger partial charge in [0, 0.05) is 19.0 Å². The smallest absolute Gasteiger partial charge is 0.307 e. The van der Waals surface area contributed by atoms with Crippen LogP contribution in [0.4, 0.5) is 0 Å². The lowest BCUT2D eigenvalue weighted by Crippen LogP contribution is -2.48. The fraction of sp³-hybridized carbons (Fsp3) is 0.750. The summed E-state index contributed by atoms with van der Waals surface area (Å²) in [4.78, 5) is 21.8. The van der Waals surface area contributed by atoms with Crippen molar-refractivity contribution in [2.45, 2.75) is 12.5 Å². The molecule has 2 saturated heterocycles. The zero-order valence-corrected chi connectivity index (χ0v) is 7.12. The molecule has 5 nitrogen and oxygen atoms in total. The van der Waals surface area contributed by atoms with Crippen molar-refractivity contribution in [1.82, 2.24) is 10.6 Å². The minimum absolute atomic E-state index is 0.00818. The lowest BCUT2D eigenvalue weighted by molar-refractivity contribution is -0.143. The van der Waals surface area contributed by atoms with E-state index in [4.69, 9.17) is 5.11 Å². The van der Waals surface area contributed by atoms with E-state index in [0.29, 0.717) is 19.5 Å². The van der Waals surface area contributed by atoms with Crippen LogP contribution in [0.2, 0.25) is 0 Å². The summed E-state index contributed by atoms with van der Waals surface area (Å²) >= 11 is 0. The number of carboxylic acids is 1. The van der Waals surface area contributed by atoms with Crippen LogP contribution in [0.3, 0.4) is 0 Å². The first-order chi connectivity index (χ1) is 6.18. The molecular weight excluding hydrogens is 172 g/mol. The van der Waals surface area contributed by atoms with Gasteiger partial charge in [-0.3, -0.25) is 9.59 Å². The number of aliphatic carboxylic acids is 1. The maximum Gasteiger partial charge on any atom is 0.307 e. The monoisotopic (exact) mass is 184 g/mol. The van der Waals surface area contributed by atoms with E-state index in [2.05, 4.69) is 10.6 Å². The van der Waals surface area contributed by atoms with Gasteiger partial charge in [0.2, 0.25) is 5.91 Å². The molecule has 2 heterocycles. The number of nitrogens with one attached hydrogen (secondary N) is 2. The highest BCUT2D eigenvalue weighted by molar-refractivity contribution is 5.85. The standard InChI is InChI=1S/C8H12N2O3/c11-7-6-4(2-10-7)1-5(3-9-6)8(12)13/h4-6,9H,1-3H2,(H,10,11)(H,12,13)/t4-,5+,6-/m1/s1. The van der Waals surface area contributed by atoms with Crippen LogP contribution in [0, 0.1) is 11.8 Å². The molecule has 3 atom stereocenters. The molecule has 13 heavy (non-hydrogen) atoms. The Hall–Kier alpha value is -1.10. The molecule has 0 spiro atoms. The molecule has 2 aliphatic heterocycles. The van der Waals surface area contributed by atoms with Crippen molar-refractivity contribution in [2.75, 3.05) is 13.1 Å². The maximum atomic E-state index is 11.2. The Morgan fingerprint density at radius 3 is 2.92 bits per heavy atom. The predicted molar refractivity (Wildman–Crippen MR) is 44.0 cm³/mol. The van der Waals surface area contributed by atoms with Gasteiger partial charge in [-0.05, 0) is 6.42 Å². The third-order valence-corrected chi connectivity index (χ3v) is 2.81. The minimum Gasteiger partial charge on any atom is -0.481 e. The van der Waals surface area contributed by atoms with E-state index >= 15 is 0 Å². The molecule has 0 unspecified atom stereocenters. The summed E-state index contributed by atoms with van der Waals surface area (Å²) in [6.07, 6.45) is 0.603. The number of hydrogen-bond acceptors (Lipinski definition) is 3. The molecule has 3 N–H and O–H groups in total. The molecule has 0 radical (unpaired) electrons. The summed E-state index contributed by atoms with van der Waals surface area (Å²) in [5.41, 5.74) is 0. The van der Waals surface area contributed by atoms with Crippen molar-refractivity contribution in [1.29, 1.82) is 0 Å². The van der Waals surface area contributed by atoms with Crippen molar-refractivity contribution < 1.29 is 14.7 Å². The average Bonchev–Trinajstić information content (AvgIpc) is 2.47. The second kappa shape index (κ2) is 2.99. The Balaban J connectivity index is 2.03. The number of fused-ring (bicyclic) bond motifs is 1. The SMILES string of the molecule is O=C(O)[C@@H]1CN[C@H]2C(=O)NC[C@H]2C1. The summed E-state index contributed by atoms with van der Waals surface area (Å²) in [6.45, 7) is 1.02. The number of amides is 1.